The number of hydrogen-bond acceptors (Lipinski definition) is 5. The van der Waals surface area contributed by atoms with Crippen molar-refractivity contribution in [3.63, 3.8) is 0 Å². The first kappa shape index (κ1) is 20.9. The summed E-state index contributed by atoms with van der Waals surface area (Å²) in [6.45, 7) is 1.13. The number of carbonyl (C=O) groups excluding carboxylic acids is 3. The Balaban J connectivity index is 1.54. The second kappa shape index (κ2) is 9.13. The van der Waals surface area contributed by atoms with E-state index >= 15 is 0 Å². The molecule has 0 aliphatic rings. The molecule has 8 nitrogen and oxygen atoms in total. The Bertz CT molecular complexity index is 1090. The monoisotopic (exact) mass is 409 g/mol. The highest BCUT2D eigenvalue weighted by Gasteiger charge is 2.20. The predicted octanol–water partition coefficient (Wildman–Crippen LogP) is 2.74. The zero-order chi connectivity index (χ0) is 21.7. The van der Waals surface area contributed by atoms with Crippen LogP contribution in [0.5, 0.6) is 5.75 Å². The van der Waals surface area contributed by atoms with Crippen LogP contribution in [0.4, 0.5) is 5.69 Å². The molecule has 156 valence electrons. The number of esters is 1. The first-order chi connectivity index (χ1) is 14.4. The number of para-hydroxylation sites is 1. The Morgan fingerprint density at radius 1 is 1.10 bits per heavy atom. The maximum Gasteiger partial charge on any atom is 0.341 e. The van der Waals surface area contributed by atoms with Gasteiger partial charge in [0.15, 0.2) is 6.61 Å². The van der Waals surface area contributed by atoms with Gasteiger partial charge in [0.05, 0.1) is 19.2 Å². The lowest BCUT2D eigenvalue weighted by Crippen LogP contribution is -2.37. The quantitative estimate of drug-likeness (QED) is 0.585. The number of fused-ring (bicyclic) bond motifs is 1. The minimum atomic E-state index is -0.590. The Hall–Kier alpha value is -3.81. The highest BCUT2D eigenvalue weighted by atomic mass is 16.5. The molecule has 0 fully saturated rings. The molecule has 3 rings (SSSR count). The van der Waals surface area contributed by atoms with E-state index in [9.17, 15) is 14.4 Å². The number of likely N-dealkylation sites (N-methyl/N-ethyl adjacent to an activating group) is 1. The maximum atomic E-state index is 12.5. The minimum absolute atomic E-state index is 0.181. The van der Waals surface area contributed by atoms with Gasteiger partial charge < -0.3 is 24.7 Å². The summed E-state index contributed by atoms with van der Waals surface area (Å²) in [6, 6.07) is 14.3. The number of carbonyl (C=O) groups is 3. The van der Waals surface area contributed by atoms with E-state index in [0.29, 0.717) is 22.7 Å². The van der Waals surface area contributed by atoms with Gasteiger partial charge >= 0.3 is 5.97 Å². The summed E-state index contributed by atoms with van der Waals surface area (Å²) in [5.74, 6) is -0.844. The molecule has 0 unspecified atom stereocenters. The molecular weight excluding hydrogens is 386 g/mol. The molecule has 0 saturated carbocycles. The van der Waals surface area contributed by atoms with Crippen molar-refractivity contribution in [1.29, 1.82) is 0 Å². The average Bonchev–Trinajstić information content (AvgIpc) is 3.07. The highest BCUT2D eigenvalue weighted by molar-refractivity contribution is 6.06. The summed E-state index contributed by atoms with van der Waals surface area (Å²) in [5, 5.41) is 3.43. The predicted molar refractivity (Wildman–Crippen MR) is 113 cm³/mol. The van der Waals surface area contributed by atoms with E-state index in [1.54, 1.807) is 31.2 Å². The van der Waals surface area contributed by atoms with Crippen molar-refractivity contribution >= 4 is 34.4 Å². The summed E-state index contributed by atoms with van der Waals surface area (Å²) in [6.07, 6.45) is 0. The van der Waals surface area contributed by atoms with Crippen molar-refractivity contribution in [3.8, 4) is 5.75 Å². The van der Waals surface area contributed by atoms with Crippen LogP contribution in [0.2, 0.25) is 0 Å². The molecule has 2 N–H and O–H groups in total. The van der Waals surface area contributed by atoms with Gasteiger partial charge in [0.2, 0.25) is 5.91 Å². The van der Waals surface area contributed by atoms with Gasteiger partial charge in [-0.2, -0.15) is 0 Å². The minimum Gasteiger partial charge on any atom is -0.497 e. The number of aromatic amines is 1. The van der Waals surface area contributed by atoms with E-state index < -0.39 is 18.5 Å². The highest BCUT2D eigenvalue weighted by Crippen LogP contribution is 2.22. The van der Waals surface area contributed by atoms with Crippen molar-refractivity contribution in [2.24, 2.45) is 0 Å². The largest absolute Gasteiger partial charge is 0.497 e. The number of aromatic nitrogens is 1. The molecule has 0 spiro atoms. The van der Waals surface area contributed by atoms with E-state index in [4.69, 9.17) is 9.47 Å². The van der Waals surface area contributed by atoms with Crippen LogP contribution in [0.25, 0.3) is 10.9 Å². The zero-order valence-corrected chi connectivity index (χ0v) is 17.0. The average molecular weight is 409 g/mol. The summed E-state index contributed by atoms with van der Waals surface area (Å²) in [4.78, 5) is 41.3. The van der Waals surface area contributed by atoms with E-state index in [-0.39, 0.29) is 12.5 Å². The second-order valence-corrected chi connectivity index (χ2v) is 6.78. The number of amides is 2. The Kier molecular flexibility index (Phi) is 6.36. The second-order valence-electron chi connectivity index (χ2n) is 6.78. The van der Waals surface area contributed by atoms with Crippen LogP contribution in [0, 0.1) is 6.92 Å². The van der Waals surface area contributed by atoms with Crippen LogP contribution in [0.1, 0.15) is 16.1 Å². The summed E-state index contributed by atoms with van der Waals surface area (Å²) >= 11 is 0. The third-order valence-electron chi connectivity index (χ3n) is 4.58. The standard InChI is InChI=1S/C22H23N3O5/c1-14-21(17-9-4-5-10-18(17)23-14)22(28)30-13-20(27)25(2)12-19(26)24-15-7-6-8-16(11-15)29-3/h4-11,23H,12-13H2,1-3H3,(H,24,26). The van der Waals surface area contributed by atoms with Crippen molar-refractivity contribution in [3.05, 3.63) is 59.8 Å². The number of benzene rings is 2. The number of anilines is 1. The number of rotatable bonds is 7. The van der Waals surface area contributed by atoms with Crippen LogP contribution >= 0.6 is 0 Å². The van der Waals surface area contributed by atoms with Crippen LogP contribution < -0.4 is 10.1 Å². The number of nitrogens with zero attached hydrogens (tertiary/aromatic N) is 1. The number of H-pyrrole nitrogens is 1. The fourth-order valence-corrected chi connectivity index (χ4v) is 3.05. The third kappa shape index (κ3) is 4.78. The summed E-state index contributed by atoms with van der Waals surface area (Å²) < 4.78 is 10.3. The molecule has 1 heterocycles. The normalized spacial score (nSPS) is 10.5. The molecule has 0 aliphatic heterocycles. The summed E-state index contributed by atoms with van der Waals surface area (Å²) in [7, 11) is 3.00. The van der Waals surface area contributed by atoms with Crippen LogP contribution in [-0.2, 0) is 14.3 Å². The van der Waals surface area contributed by atoms with Gasteiger partial charge in [0.25, 0.3) is 5.91 Å². The first-order valence-electron chi connectivity index (χ1n) is 9.31. The zero-order valence-electron chi connectivity index (χ0n) is 17.0. The van der Waals surface area contributed by atoms with Gasteiger partial charge in [0, 0.05) is 35.4 Å². The number of nitrogens with one attached hydrogen (secondary N) is 2. The lowest BCUT2D eigenvalue weighted by Gasteiger charge is -2.17. The molecule has 0 atom stereocenters. The van der Waals surface area contributed by atoms with E-state index in [0.717, 1.165) is 10.9 Å². The topological polar surface area (TPSA) is 101 Å². The molecule has 2 amide bonds. The SMILES string of the molecule is COc1cccc(NC(=O)CN(C)C(=O)COC(=O)c2c(C)[nH]c3ccccc23)c1. The number of methoxy groups -OCH3 is 1. The molecule has 0 saturated heterocycles. The van der Waals surface area contributed by atoms with Gasteiger partial charge in [0.1, 0.15) is 5.75 Å². The Morgan fingerprint density at radius 2 is 1.87 bits per heavy atom. The molecular formula is C22H23N3O5. The van der Waals surface area contributed by atoms with E-state index in [1.807, 2.05) is 24.3 Å². The van der Waals surface area contributed by atoms with Crippen molar-refractivity contribution in [1.82, 2.24) is 9.88 Å². The number of ether oxygens (including phenoxy) is 2. The smallest absolute Gasteiger partial charge is 0.341 e. The van der Waals surface area contributed by atoms with Crippen LogP contribution in [0.15, 0.2) is 48.5 Å². The summed E-state index contributed by atoms with van der Waals surface area (Å²) in [5.41, 5.74) is 2.44. The molecule has 0 aliphatic carbocycles. The Labute approximate surface area is 173 Å². The van der Waals surface area contributed by atoms with Crippen molar-refractivity contribution < 1.29 is 23.9 Å². The van der Waals surface area contributed by atoms with E-state index in [2.05, 4.69) is 10.3 Å². The first-order valence-corrected chi connectivity index (χ1v) is 9.31. The van der Waals surface area contributed by atoms with Gasteiger partial charge in [-0.25, -0.2) is 4.79 Å². The maximum absolute atomic E-state index is 12.5. The van der Waals surface area contributed by atoms with Gasteiger partial charge in [-0.15, -0.1) is 0 Å². The van der Waals surface area contributed by atoms with Crippen LogP contribution in [-0.4, -0.2) is 55.0 Å². The Morgan fingerprint density at radius 3 is 2.63 bits per heavy atom. The fourth-order valence-electron chi connectivity index (χ4n) is 3.05. The van der Waals surface area contributed by atoms with E-state index in [1.165, 1.54) is 19.1 Å². The fraction of sp³-hybridized carbons (Fsp3) is 0.227. The van der Waals surface area contributed by atoms with Gasteiger partial charge in [-0.05, 0) is 25.1 Å². The molecule has 8 heteroatoms. The molecule has 0 bridgehead atoms. The lowest BCUT2D eigenvalue weighted by atomic mass is 10.1. The van der Waals surface area contributed by atoms with Crippen molar-refractivity contribution in [2.75, 3.05) is 32.6 Å². The molecule has 2 aromatic carbocycles. The number of aryl methyl sites for hydroxylation is 1. The van der Waals surface area contributed by atoms with Crippen LogP contribution in [0.3, 0.4) is 0 Å². The van der Waals surface area contributed by atoms with Gasteiger partial charge in [-0.1, -0.05) is 24.3 Å². The molecule has 0 radical (unpaired) electrons. The lowest BCUT2D eigenvalue weighted by molar-refractivity contribution is -0.136. The van der Waals surface area contributed by atoms with Gasteiger partial charge in [-0.3, -0.25) is 9.59 Å². The van der Waals surface area contributed by atoms with Crippen molar-refractivity contribution in [2.45, 2.75) is 6.92 Å². The molecule has 30 heavy (non-hydrogen) atoms. The molecule has 3 aromatic rings. The molecule has 1 aromatic heterocycles. The number of hydrogen-bond donors (Lipinski definition) is 2. The third-order valence-corrected chi connectivity index (χ3v) is 4.58.